The Hall–Kier alpha value is -0.870. The average Bonchev–Trinajstić information content (AvgIpc) is 2.14. The molecule has 0 bridgehead atoms. The van der Waals surface area contributed by atoms with Crippen LogP contribution in [-0.2, 0) is 0 Å². The van der Waals surface area contributed by atoms with Crippen LogP contribution in [0.3, 0.4) is 0 Å². The zero-order valence-electron chi connectivity index (χ0n) is 8.47. The number of ether oxygens (including phenoxy) is 1. The summed E-state index contributed by atoms with van der Waals surface area (Å²) in [5.74, 6) is 0.125. The lowest BCUT2D eigenvalue weighted by Crippen LogP contribution is -2.07. The smallest absolute Gasteiger partial charge is 0.131 e. The molecule has 1 aromatic rings. The summed E-state index contributed by atoms with van der Waals surface area (Å²) in [7, 11) is 0. The van der Waals surface area contributed by atoms with Gasteiger partial charge in [-0.25, -0.2) is 4.39 Å². The monoisotopic (exact) mass is 273 g/mol. The van der Waals surface area contributed by atoms with Crippen LogP contribution >= 0.6 is 15.9 Å². The molecule has 0 aromatic heterocycles. The highest BCUT2D eigenvalue weighted by atomic mass is 79.9. The molecule has 0 aliphatic carbocycles. The molecule has 0 saturated heterocycles. The molecule has 0 aliphatic heterocycles. The van der Waals surface area contributed by atoms with Crippen molar-refractivity contribution >= 4 is 15.9 Å². The van der Waals surface area contributed by atoms with E-state index in [1.54, 1.807) is 19.1 Å². The van der Waals surface area contributed by atoms with Crippen LogP contribution in [0.15, 0.2) is 29.3 Å². The second-order valence-electron chi connectivity index (χ2n) is 3.28. The van der Waals surface area contributed by atoms with Gasteiger partial charge in [0, 0.05) is 22.2 Å². The summed E-state index contributed by atoms with van der Waals surface area (Å²) in [5.41, 5.74) is 6.07. The van der Waals surface area contributed by atoms with E-state index in [-0.39, 0.29) is 11.9 Å². The van der Waals surface area contributed by atoms with Crippen LogP contribution in [0.25, 0.3) is 0 Å². The van der Waals surface area contributed by atoms with E-state index in [0.29, 0.717) is 22.4 Å². The van der Waals surface area contributed by atoms with Gasteiger partial charge in [0.25, 0.3) is 0 Å². The number of benzene rings is 1. The van der Waals surface area contributed by atoms with Gasteiger partial charge in [-0.05, 0) is 13.0 Å². The maximum absolute atomic E-state index is 13.4. The van der Waals surface area contributed by atoms with Crippen molar-refractivity contribution in [2.45, 2.75) is 13.0 Å². The maximum Gasteiger partial charge on any atom is 0.131 e. The first kappa shape index (κ1) is 12.2. The van der Waals surface area contributed by atoms with Crippen LogP contribution in [0.1, 0.15) is 18.5 Å². The molecular formula is C11H13BrFNO. The highest BCUT2D eigenvalue weighted by Gasteiger charge is 2.07. The zero-order valence-corrected chi connectivity index (χ0v) is 10.1. The van der Waals surface area contributed by atoms with Gasteiger partial charge in [0.05, 0.1) is 0 Å². The summed E-state index contributed by atoms with van der Waals surface area (Å²) in [6, 6.07) is 4.34. The van der Waals surface area contributed by atoms with Gasteiger partial charge in [-0.1, -0.05) is 28.6 Å². The fraction of sp³-hybridized carbons (Fsp3) is 0.273. The lowest BCUT2D eigenvalue weighted by Gasteiger charge is -2.09. The maximum atomic E-state index is 13.4. The van der Waals surface area contributed by atoms with Crippen LogP contribution < -0.4 is 10.5 Å². The number of halogens is 2. The minimum absolute atomic E-state index is 0.315. The third kappa shape index (κ3) is 3.64. The molecule has 0 spiro atoms. The predicted molar refractivity (Wildman–Crippen MR) is 62.6 cm³/mol. The van der Waals surface area contributed by atoms with E-state index in [4.69, 9.17) is 10.5 Å². The predicted octanol–water partition coefficient (Wildman–Crippen LogP) is 3.13. The normalized spacial score (nSPS) is 12.3. The van der Waals surface area contributed by atoms with E-state index in [1.807, 2.05) is 0 Å². The van der Waals surface area contributed by atoms with Crippen molar-refractivity contribution in [2.24, 2.45) is 5.73 Å². The van der Waals surface area contributed by atoms with Crippen LogP contribution in [0.2, 0.25) is 0 Å². The molecule has 1 aromatic carbocycles. The van der Waals surface area contributed by atoms with Crippen LogP contribution in [0.5, 0.6) is 5.75 Å². The molecule has 15 heavy (non-hydrogen) atoms. The summed E-state index contributed by atoms with van der Waals surface area (Å²) < 4.78 is 19.4. The number of hydrogen-bond donors (Lipinski definition) is 1. The number of hydrogen-bond acceptors (Lipinski definition) is 2. The molecule has 0 heterocycles. The van der Waals surface area contributed by atoms with Crippen molar-refractivity contribution < 1.29 is 9.13 Å². The minimum Gasteiger partial charge on any atom is -0.488 e. The van der Waals surface area contributed by atoms with Crippen LogP contribution in [-0.4, -0.2) is 6.61 Å². The van der Waals surface area contributed by atoms with Crippen molar-refractivity contribution in [1.82, 2.24) is 0 Å². The van der Waals surface area contributed by atoms with Crippen molar-refractivity contribution in [3.05, 3.63) is 40.6 Å². The minimum atomic E-state index is -0.345. The standard InChI is InChI=1S/C11H13BrFNO/c1-7(12)6-15-9-3-4-10(8(2)14)11(13)5-9/h3-5,8H,1,6,14H2,2H3/t8-/m0/s1. The molecule has 82 valence electrons. The van der Waals surface area contributed by atoms with E-state index in [0.717, 1.165) is 0 Å². The molecule has 2 N–H and O–H groups in total. The lowest BCUT2D eigenvalue weighted by atomic mass is 10.1. The highest BCUT2D eigenvalue weighted by Crippen LogP contribution is 2.21. The Morgan fingerprint density at radius 3 is 2.80 bits per heavy atom. The van der Waals surface area contributed by atoms with E-state index in [9.17, 15) is 4.39 Å². The Morgan fingerprint density at radius 2 is 2.33 bits per heavy atom. The molecule has 0 unspecified atom stereocenters. The molecule has 0 amide bonds. The first-order valence-corrected chi connectivity index (χ1v) is 5.31. The molecule has 1 rings (SSSR count). The second-order valence-corrected chi connectivity index (χ2v) is 4.40. The summed E-state index contributed by atoms with van der Waals surface area (Å²) in [4.78, 5) is 0. The third-order valence-electron chi connectivity index (χ3n) is 1.86. The summed E-state index contributed by atoms with van der Waals surface area (Å²) in [5, 5.41) is 0. The SMILES string of the molecule is C=C(Br)COc1ccc([C@H](C)N)c(F)c1. The summed E-state index contributed by atoms with van der Waals surface area (Å²) >= 11 is 3.15. The summed E-state index contributed by atoms with van der Waals surface area (Å²) in [6.45, 7) is 5.67. The molecule has 1 atom stereocenters. The number of rotatable bonds is 4. The fourth-order valence-electron chi connectivity index (χ4n) is 1.13. The molecule has 0 saturated carbocycles. The van der Waals surface area contributed by atoms with E-state index in [1.165, 1.54) is 6.07 Å². The molecule has 4 heteroatoms. The quantitative estimate of drug-likeness (QED) is 0.915. The third-order valence-corrected chi connectivity index (χ3v) is 2.09. The van der Waals surface area contributed by atoms with E-state index < -0.39 is 0 Å². The topological polar surface area (TPSA) is 35.2 Å². The second kappa shape index (κ2) is 5.28. The van der Waals surface area contributed by atoms with Gasteiger partial charge in [0.2, 0.25) is 0 Å². The van der Waals surface area contributed by atoms with Gasteiger partial charge in [0.15, 0.2) is 0 Å². The zero-order chi connectivity index (χ0) is 11.4. The van der Waals surface area contributed by atoms with Crippen molar-refractivity contribution in [1.29, 1.82) is 0 Å². The first-order chi connectivity index (χ1) is 7.00. The van der Waals surface area contributed by atoms with Gasteiger partial charge in [-0.15, -0.1) is 0 Å². The molecule has 2 nitrogen and oxygen atoms in total. The van der Waals surface area contributed by atoms with Gasteiger partial charge < -0.3 is 10.5 Å². The van der Waals surface area contributed by atoms with Gasteiger partial charge >= 0.3 is 0 Å². The van der Waals surface area contributed by atoms with Gasteiger partial charge in [-0.2, -0.15) is 0 Å². The van der Waals surface area contributed by atoms with E-state index in [2.05, 4.69) is 22.5 Å². The van der Waals surface area contributed by atoms with E-state index >= 15 is 0 Å². The Kier molecular flexibility index (Phi) is 4.29. The largest absolute Gasteiger partial charge is 0.488 e. The van der Waals surface area contributed by atoms with Crippen molar-refractivity contribution in [2.75, 3.05) is 6.61 Å². The first-order valence-electron chi connectivity index (χ1n) is 4.52. The Bertz CT molecular complexity index is 366. The molecule has 0 radical (unpaired) electrons. The van der Waals surface area contributed by atoms with Gasteiger partial charge in [0.1, 0.15) is 18.2 Å². The highest BCUT2D eigenvalue weighted by molar-refractivity contribution is 9.11. The van der Waals surface area contributed by atoms with Crippen molar-refractivity contribution in [3.8, 4) is 5.75 Å². The van der Waals surface area contributed by atoms with Crippen LogP contribution in [0.4, 0.5) is 4.39 Å². The Labute approximate surface area is 97.1 Å². The van der Waals surface area contributed by atoms with Gasteiger partial charge in [-0.3, -0.25) is 0 Å². The number of nitrogens with two attached hydrogens (primary N) is 1. The summed E-state index contributed by atoms with van der Waals surface area (Å²) in [6.07, 6.45) is 0. The Morgan fingerprint density at radius 1 is 1.67 bits per heavy atom. The Balaban J connectivity index is 2.77. The average molecular weight is 274 g/mol. The van der Waals surface area contributed by atoms with Crippen LogP contribution in [0, 0.1) is 5.82 Å². The lowest BCUT2D eigenvalue weighted by molar-refractivity contribution is 0.358. The van der Waals surface area contributed by atoms with Crippen molar-refractivity contribution in [3.63, 3.8) is 0 Å². The molecular weight excluding hydrogens is 261 g/mol. The molecule has 0 fully saturated rings. The fourth-order valence-corrected chi connectivity index (χ4v) is 1.24. The molecule has 0 aliphatic rings.